The fourth-order valence-electron chi connectivity index (χ4n) is 1.50. The average Bonchev–Trinajstić information content (AvgIpc) is 2.65. The van der Waals surface area contributed by atoms with E-state index in [2.05, 4.69) is 22.2 Å². The molecule has 1 N–H and O–H groups in total. The lowest BCUT2D eigenvalue weighted by Gasteiger charge is -2.20. The molecule has 110 valence electrons. The summed E-state index contributed by atoms with van der Waals surface area (Å²) in [4.78, 5) is 23.5. The Hall–Kier alpha value is -2.18. The molecule has 20 heavy (non-hydrogen) atoms. The van der Waals surface area contributed by atoms with E-state index < -0.39 is 5.97 Å². The molecule has 0 spiro atoms. The maximum atomic E-state index is 11.8. The maximum Gasteiger partial charge on any atom is 0.361 e. The van der Waals surface area contributed by atoms with E-state index in [9.17, 15) is 9.59 Å². The minimum atomic E-state index is -0.579. The molecule has 1 aromatic rings. The minimum Gasteiger partial charge on any atom is -0.457 e. The second-order valence-corrected chi connectivity index (χ2v) is 5.37. The Bertz CT molecular complexity index is 514. The molecule has 0 fully saturated rings. The smallest absolute Gasteiger partial charge is 0.361 e. The molecule has 1 amide bonds. The van der Waals surface area contributed by atoms with Crippen LogP contribution in [0.25, 0.3) is 0 Å². The summed E-state index contributed by atoms with van der Waals surface area (Å²) < 4.78 is 6.25. The lowest BCUT2D eigenvalue weighted by molar-refractivity contribution is -0.123. The van der Waals surface area contributed by atoms with Crippen LogP contribution >= 0.6 is 0 Å². The molecule has 0 aliphatic heterocycles. The highest BCUT2D eigenvalue weighted by molar-refractivity contribution is 5.88. The third-order valence-electron chi connectivity index (χ3n) is 2.32. The molecule has 1 aromatic heterocycles. The van der Waals surface area contributed by atoms with Crippen molar-refractivity contribution in [1.29, 1.82) is 0 Å². The average molecular weight is 280 g/mol. The van der Waals surface area contributed by atoms with Crippen molar-refractivity contribution < 1.29 is 14.3 Å². The van der Waals surface area contributed by atoms with Crippen LogP contribution in [-0.2, 0) is 16.1 Å². The molecule has 7 nitrogen and oxygen atoms in total. The summed E-state index contributed by atoms with van der Waals surface area (Å²) in [6, 6.07) is 0. The van der Waals surface area contributed by atoms with Gasteiger partial charge in [-0.3, -0.25) is 4.79 Å². The van der Waals surface area contributed by atoms with E-state index in [-0.39, 0.29) is 30.3 Å². The fourth-order valence-corrected chi connectivity index (χ4v) is 1.50. The quantitative estimate of drug-likeness (QED) is 0.638. The number of hydrogen-bond donors (Lipinski definition) is 1. The van der Waals surface area contributed by atoms with Gasteiger partial charge in [0.05, 0.1) is 5.69 Å². The molecule has 0 bridgehead atoms. The molecular formula is C13H20N4O3. The van der Waals surface area contributed by atoms with Gasteiger partial charge < -0.3 is 10.1 Å². The largest absolute Gasteiger partial charge is 0.457 e. The molecule has 0 aliphatic carbocycles. The number of hydrogen-bond acceptors (Lipinski definition) is 5. The molecule has 1 heterocycles. The van der Waals surface area contributed by atoms with Gasteiger partial charge in [-0.2, -0.15) is 0 Å². The van der Waals surface area contributed by atoms with Crippen LogP contribution in [-0.4, -0.2) is 39.0 Å². The van der Waals surface area contributed by atoms with Crippen LogP contribution in [0.5, 0.6) is 0 Å². The van der Waals surface area contributed by atoms with E-state index in [0.29, 0.717) is 5.69 Å². The Labute approximate surface area is 118 Å². The number of carbonyl (C=O) groups is 2. The van der Waals surface area contributed by atoms with Crippen LogP contribution in [0, 0.1) is 6.92 Å². The van der Waals surface area contributed by atoms with E-state index in [1.54, 1.807) is 6.92 Å². The Balaban J connectivity index is 2.74. The zero-order valence-electron chi connectivity index (χ0n) is 12.3. The van der Waals surface area contributed by atoms with Crippen molar-refractivity contribution in [3.8, 4) is 0 Å². The number of carbonyl (C=O) groups excluding carboxylic acids is 2. The van der Waals surface area contributed by atoms with Gasteiger partial charge in [0.1, 0.15) is 13.2 Å². The maximum absolute atomic E-state index is 11.8. The number of ether oxygens (including phenoxy) is 1. The van der Waals surface area contributed by atoms with Crippen molar-refractivity contribution in [2.45, 2.75) is 39.8 Å². The van der Waals surface area contributed by atoms with Crippen molar-refractivity contribution in [3.63, 3.8) is 0 Å². The molecule has 0 unspecified atom stereocenters. The Morgan fingerprint density at radius 1 is 1.45 bits per heavy atom. The number of amides is 1. The predicted molar refractivity (Wildman–Crippen MR) is 73.1 cm³/mol. The third-order valence-corrected chi connectivity index (χ3v) is 2.32. The predicted octanol–water partition coefficient (Wildman–Crippen LogP) is 0.844. The van der Waals surface area contributed by atoms with Gasteiger partial charge in [-0.05, 0) is 27.7 Å². The normalized spacial score (nSPS) is 11.0. The first-order valence-corrected chi connectivity index (χ1v) is 6.23. The zero-order valence-corrected chi connectivity index (χ0v) is 12.3. The van der Waals surface area contributed by atoms with Gasteiger partial charge in [-0.25, -0.2) is 9.48 Å². The van der Waals surface area contributed by atoms with Gasteiger partial charge in [0.25, 0.3) is 0 Å². The molecule has 0 radical (unpaired) electrons. The number of nitrogens with one attached hydrogen (secondary N) is 1. The third kappa shape index (κ3) is 4.49. The summed E-state index contributed by atoms with van der Waals surface area (Å²) in [7, 11) is 0. The summed E-state index contributed by atoms with van der Waals surface area (Å²) in [5.41, 5.74) is 0.274. The summed E-state index contributed by atoms with van der Waals surface area (Å²) >= 11 is 0. The lowest BCUT2D eigenvalue weighted by Crippen LogP contribution is -2.42. The van der Waals surface area contributed by atoms with Gasteiger partial charge >= 0.3 is 5.97 Å². The second kappa shape index (κ2) is 6.31. The minimum absolute atomic E-state index is 0.00480. The molecular weight excluding hydrogens is 260 g/mol. The molecule has 0 saturated carbocycles. The van der Waals surface area contributed by atoms with Crippen LogP contribution in [0.3, 0.4) is 0 Å². The van der Waals surface area contributed by atoms with Crippen LogP contribution < -0.4 is 5.32 Å². The molecule has 0 aromatic carbocycles. The topological polar surface area (TPSA) is 86.1 Å². The molecule has 0 atom stereocenters. The van der Waals surface area contributed by atoms with Crippen molar-refractivity contribution in [3.05, 3.63) is 24.0 Å². The molecule has 1 rings (SSSR count). The number of nitrogens with zero attached hydrogens (tertiary/aromatic N) is 3. The van der Waals surface area contributed by atoms with Crippen molar-refractivity contribution in [2.24, 2.45) is 0 Å². The van der Waals surface area contributed by atoms with E-state index in [1.807, 2.05) is 20.8 Å². The van der Waals surface area contributed by atoms with E-state index >= 15 is 0 Å². The standard InChI is InChI=1S/C13H20N4O3/c1-6-7-20-12(19)11-9(2)17(16-15-11)8-10(18)14-13(3,4)5/h6H,1,7-8H2,2-5H3,(H,14,18). The first kappa shape index (κ1) is 15.9. The van der Waals surface area contributed by atoms with Crippen LogP contribution in [0.15, 0.2) is 12.7 Å². The summed E-state index contributed by atoms with van der Waals surface area (Å²) in [6.45, 7) is 10.9. The fraction of sp³-hybridized carbons (Fsp3) is 0.538. The van der Waals surface area contributed by atoms with Gasteiger partial charge in [0, 0.05) is 5.54 Å². The Morgan fingerprint density at radius 2 is 2.10 bits per heavy atom. The summed E-state index contributed by atoms with van der Waals surface area (Å²) in [5, 5.41) is 10.3. The number of aromatic nitrogens is 3. The van der Waals surface area contributed by atoms with E-state index in [1.165, 1.54) is 10.8 Å². The highest BCUT2D eigenvalue weighted by Crippen LogP contribution is 2.06. The van der Waals surface area contributed by atoms with Gasteiger partial charge in [0.15, 0.2) is 5.69 Å². The second-order valence-electron chi connectivity index (χ2n) is 5.37. The lowest BCUT2D eigenvalue weighted by atomic mass is 10.1. The van der Waals surface area contributed by atoms with E-state index in [0.717, 1.165) is 0 Å². The highest BCUT2D eigenvalue weighted by Gasteiger charge is 2.20. The van der Waals surface area contributed by atoms with E-state index in [4.69, 9.17) is 4.74 Å². The van der Waals surface area contributed by atoms with Crippen LogP contribution in [0.2, 0.25) is 0 Å². The highest BCUT2D eigenvalue weighted by atomic mass is 16.5. The summed E-state index contributed by atoms with van der Waals surface area (Å²) in [5.74, 6) is -0.776. The van der Waals surface area contributed by atoms with Gasteiger partial charge in [-0.1, -0.05) is 17.9 Å². The number of esters is 1. The van der Waals surface area contributed by atoms with Crippen molar-refractivity contribution in [2.75, 3.05) is 6.61 Å². The van der Waals surface area contributed by atoms with Crippen molar-refractivity contribution in [1.82, 2.24) is 20.3 Å². The van der Waals surface area contributed by atoms with Gasteiger partial charge in [0.2, 0.25) is 5.91 Å². The zero-order chi connectivity index (χ0) is 15.3. The Morgan fingerprint density at radius 3 is 2.65 bits per heavy atom. The Kier molecular flexibility index (Phi) is 5.01. The first-order valence-electron chi connectivity index (χ1n) is 6.23. The molecule has 7 heteroatoms. The molecule has 0 saturated heterocycles. The van der Waals surface area contributed by atoms with Crippen molar-refractivity contribution >= 4 is 11.9 Å². The monoisotopic (exact) mass is 280 g/mol. The van der Waals surface area contributed by atoms with Crippen LogP contribution in [0.1, 0.15) is 37.0 Å². The summed E-state index contributed by atoms with van der Waals surface area (Å²) in [6.07, 6.45) is 1.47. The number of rotatable bonds is 5. The molecule has 0 aliphatic rings. The SMILES string of the molecule is C=CCOC(=O)c1nnn(CC(=O)NC(C)(C)C)c1C. The van der Waals surface area contributed by atoms with Gasteiger partial charge in [-0.15, -0.1) is 5.10 Å². The first-order chi connectivity index (χ1) is 9.24. The van der Waals surface area contributed by atoms with Crippen LogP contribution in [0.4, 0.5) is 0 Å².